The van der Waals surface area contributed by atoms with Crippen molar-refractivity contribution in [2.24, 2.45) is 5.10 Å². The molecule has 0 bridgehead atoms. The van der Waals surface area contributed by atoms with E-state index in [0.717, 1.165) is 5.56 Å². The summed E-state index contributed by atoms with van der Waals surface area (Å²) in [5.41, 5.74) is 3.82. The number of rotatable bonds is 4. The van der Waals surface area contributed by atoms with Crippen molar-refractivity contribution in [3.05, 3.63) is 29.8 Å². The Morgan fingerprint density at radius 3 is 2.53 bits per heavy atom. The Labute approximate surface area is 112 Å². The number of nitrogens with one attached hydrogen (secondary N) is 2. The highest BCUT2D eigenvalue weighted by Gasteiger charge is 1.95. The first kappa shape index (κ1) is 14.0. The second-order valence-electron chi connectivity index (χ2n) is 3.77. The molecule has 0 aromatic heterocycles. The van der Waals surface area contributed by atoms with Gasteiger partial charge < -0.3 is 5.32 Å². The van der Waals surface area contributed by atoms with E-state index in [-0.39, 0.29) is 0 Å². The van der Waals surface area contributed by atoms with Crippen LogP contribution < -0.4 is 10.7 Å². The number of benzene rings is 1. The highest BCUT2D eigenvalue weighted by Crippen LogP contribution is 2.13. The molecule has 1 aromatic carbocycles. The summed E-state index contributed by atoms with van der Waals surface area (Å²) in [4.78, 5) is 1.24. The van der Waals surface area contributed by atoms with Gasteiger partial charge in [0.1, 0.15) is 0 Å². The third-order valence-electron chi connectivity index (χ3n) is 1.92. The van der Waals surface area contributed by atoms with E-state index in [1.54, 1.807) is 18.0 Å². The van der Waals surface area contributed by atoms with Gasteiger partial charge in [0, 0.05) is 10.9 Å². The molecule has 3 nitrogen and oxygen atoms in total. The molecular weight excluding hydrogens is 250 g/mol. The molecule has 0 saturated heterocycles. The van der Waals surface area contributed by atoms with E-state index >= 15 is 0 Å². The molecule has 0 saturated carbocycles. The Bertz CT molecular complexity index is 385. The fraction of sp³-hybridized carbons (Fsp3) is 0.333. The van der Waals surface area contributed by atoms with Gasteiger partial charge in [-0.05, 0) is 50.0 Å². The summed E-state index contributed by atoms with van der Waals surface area (Å²) in [6, 6.07) is 8.49. The summed E-state index contributed by atoms with van der Waals surface area (Å²) >= 11 is 6.77. The van der Waals surface area contributed by atoms with Crippen LogP contribution in [0.4, 0.5) is 0 Å². The van der Waals surface area contributed by atoms with Crippen LogP contribution in [0.2, 0.25) is 0 Å². The predicted octanol–water partition coefficient (Wildman–Crippen LogP) is 2.61. The van der Waals surface area contributed by atoms with Gasteiger partial charge in [-0.3, -0.25) is 5.43 Å². The van der Waals surface area contributed by atoms with Crippen LogP contribution >= 0.6 is 24.0 Å². The molecule has 0 heterocycles. The minimum Gasteiger partial charge on any atom is -0.359 e. The first-order chi connectivity index (χ1) is 8.11. The molecule has 0 unspecified atom stereocenters. The maximum atomic E-state index is 5.05. The Balaban J connectivity index is 2.45. The van der Waals surface area contributed by atoms with Crippen molar-refractivity contribution in [3.8, 4) is 0 Å². The van der Waals surface area contributed by atoms with Crippen molar-refractivity contribution in [1.29, 1.82) is 0 Å². The van der Waals surface area contributed by atoms with E-state index < -0.39 is 0 Å². The first-order valence-corrected chi connectivity index (χ1v) is 6.98. The van der Waals surface area contributed by atoms with Gasteiger partial charge in [0.05, 0.1) is 6.21 Å². The molecule has 5 heteroatoms. The fourth-order valence-corrected chi connectivity index (χ4v) is 1.85. The molecule has 0 aliphatic rings. The van der Waals surface area contributed by atoms with Crippen molar-refractivity contribution in [1.82, 2.24) is 10.7 Å². The lowest BCUT2D eigenvalue weighted by Gasteiger charge is -2.09. The standard InChI is InChI=1S/C12H17N3S2/c1-9(2)14-12(16)15-13-8-10-4-6-11(17-3)7-5-10/h4-9H,1-3H3,(H2,14,15,16)/b13-8-. The van der Waals surface area contributed by atoms with Gasteiger partial charge in [0.15, 0.2) is 5.11 Å². The van der Waals surface area contributed by atoms with Crippen LogP contribution in [0.1, 0.15) is 19.4 Å². The maximum absolute atomic E-state index is 5.05. The normalized spacial score (nSPS) is 10.8. The zero-order valence-corrected chi connectivity index (χ0v) is 11.9. The largest absolute Gasteiger partial charge is 0.359 e. The van der Waals surface area contributed by atoms with E-state index in [2.05, 4.69) is 34.2 Å². The van der Waals surface area contributed by atoms with Crippen molar-refractivity contribution >= 4 is 35.3 Å². The van der Waals surface area contributed by atoms with Crippen LogP contribution in [-0.4, -0.2) is 23.6 Å². The second kappa shape index (κ2) is 7.29. The quantitative estimate of drug-likeness (QED) is 0.380. The van der Waals surface area contributed by atoms with Gasteiger partial charge in [-0.25, -0.2) is 0 Å². The van der Waals surface area contributed by atoms with E-state index in [0.29, 0.717) is 11.2 Å². The molecule has 0 aliphatic heterocycles. The fourth-order valence-electron chi connectivity index (χ4n) is 1.15. The lowest BCUT2D eigenvalue weighted by atomic mass is 10.2. The van der Waals surface area contributed by atoms with Crippen molar-refractivity contribution < 1.29 is 0 Å². The number of thioether (sulfide) groups is 1. The summed E-state index contributed by atoms with van der Waals surface area (Å²) in [5, 5.41) is 7.65. The van der Waals surface area contributed by atoms with Gasteiger partial charge >= 0.3 is 0 Å². The smallest absolute Gasteiger partial charge is 0.187 e. The third-order valence-corrected chi connectivity index (χ3v) is 2.87. The molecule has 0 amide bonds. The van der Waals surface area contributed by atoms with Crippen molar-refractivity contribution in [3.63, 3.8) is 0 Å². The summed E-state index contributed by atoms with van der Waals surface area (Å²) in [6.07, 6.45) is 3.80. The highest BCUT2D eigenvalue weighted by atomic mass is 32.2. The zero-order chi connectivity index (χ0) is 12.7. The summed E-state index contributed by atoms with van der Waals surface area (Å²) in [5.74, 6) is 0. The molecule has 1 rings (SSSR count). The Morgan fingerprint density at radius 1 is 1.35 bits per heavy atom. The van der Waals surface area contributed by atoms with Gasteiger partial charge in [0.2, 0.25) is 0 Å². The molecule has 17 heavy (non-hydrogen) atoms. The predicted molar refractivity (Wildman–Crippen MR) is 79.8 cm³/mol. The van der Waals surface area contributed by atoms with Crippen LogP contribution in [0.25, 0.3) is 0 Å². The number of thiocarbonyl (C=S) groups is 1. The molecule has 0 aliphatic carbocycles. The number of hydrazone groups is 1. The molecule has 0 atom stereocenters. The van der Waals surface area contributed by atoms with Gasteiger partial charge in [0.25, 0.3) is 0 Å². The molecular formula is C12H17N3S2. The van der Waals surface area contributed by atoms with E-state index in [9.17, 15) is 0 Å². The van der Waals surface area contributed by atoms with Crippen molar-refractivity contribution in [2.75, 3.05) is 6.26 Å². The maximum Gasteiger partial charge on any atom is 0.187 e. The van der Waals surface area contributed by atoms with Crippen LogP contribution in [0.15, 0.2) is 34.3 Å². The van der Waals surface area contributed by atoms with Crippen LogP contribution in [0.5, 0.6) is 0 Å². The number of hydrogen-bond donors (Lipinski definition) is 2. The number of nitrogens with zero attached hydrogens (tertiary/aromatic N) is 1. The Hall–Kier alpha value is -1.07. The SMILES string of the molecule is CSc1ccc(/C=N\NC(=S)NC(C)C)cc1. The molecule has 0 spiro atoms. The molecule has 0 fully saturated rings. The zero-order valence-electron chi connectivity index (χ0n) is 10.2. The molecule has 0 radical (unpaired) electrons. The number of hydrogen-bond acceptors (Lipinski definition) is 3. The average molecular weight is 267 g/mol. The lowest BCUT2D eigenvalue weighted by molar-refractivity contribution is 0.720. The third kappa shape index (κ3) is 5.70. The lowest BCUT2D eigenvalue weighted by Crippen LogP contribution is -2.36. The van der Waals surface area contributed by atoms with Gasteiger partial charge in [-0.2, -0.15) is 5.10 Å². The topological polar surface area (TPSA) is 36.4 Å². The first-order valence-electron chi connectivity index (χ1n) is 5.35. The summed E-state index contributed by atoms with van der Waals surface area (Å²) in [6.45, 7) is 4.05. The molecule has 2 N–H and O–H groups in total. The Kier molecular flexibility index (Phi) is 6.00. The summed E-state index contributed by atoms with van der Waals surface area (Å²) in [7, 11) is 0. The highest BCUT2D eigenvalue weighted by molar-refractivity contribution is 7.98. The molecule has 1 aromatic rings. The Morgan fingerprint density at radius 2 is 2.00 bits per heavy atom. The van der Waals surface area contributed by atoms with Gasteiger partial charge in [-0.15, -0.1) is 11.8 Å². The van der Waals surface area contributed by atoms with E-state index in [1.165, 1.54) is 4.90 Å². The van der Waals surface area contributed by atoms with Crippen LogP contribution in [0.3, 0.4) is 0 Å². The second-order valence-corrected chi connectivity index (χ2v) is 5.06. The van der Waals surface area contributed by atoms with Crippen LogP contribution in [0, 0.1) is 0 Å². The van der Waals surface area contributed by atoms with Crippen LogP contribution in [-0.2, 0) is 0 Å². The summed E-state index contributed by atoms with van der Waals surface area (Å²) < 4.78 is 0. The van der Waals surface area contributed by atoms with E-state index in [4.69, 9.17) is 12.2 Å². The van der Waals surface area contributed by atoms with Crippen molar-refractivity contribution in [2.45, 2.75) is 24.8 Å². The average Bonchev–Trinajstić information content (AvgIpc) is 2.29. The minimum atomic E-state index is 0.311. The van der Waals surface area contributed by atoms with E-state index in [1.807, 2.05) is 26.0 Å². The van der Waals surface area contributed by atoms with Gasteiger partial charge in [-0.1, -0.05) is 12.1 Å². The monoisotopic (exact) mass is 267 g/mol. The minimum absolute atomic E-state index is 0.311. The molecule has 92 valence electrons.